The summed E-state index contributed by atoms with van der Waals surface area (Å²) in [5.74, 6) is -0.243. The van der Waals surface area contributed by atoms with E-state index in [-0.39, 0.29) is 46.6 Å². The maximum atomic E-state index is 14.1. The fraction of sp³-hybridized carbons (Fsp3) is 0.500. The summed E-state index contributed by atoms with van der Waals surface area (Å²) in [6, 6.07) is 17.0. The van der Waals surface area contributed by atoms with Gasteiger partial charge in [0.05, 0.1) is 22.5 Å². The molecule has 2 saturated carbocycles. The lowest BCUT2D eigenvalue weighted by molar-refractivity contribution is -0.128. The van der Waals surface area contributed by atoms with E-state index >= 15 is 0 Å². The number of ketones is 1. The lowest BCUT2D eigenvalue weighted by Gasteiger charge is -2.44. The maximum absolute atomic E-state index is 14.1. The van der Waals surface area contributed by atoms with Crippen LogP contribution < -0.4 is 20.1 Å². The molecule has 264 valence electrons. The Labute approximate surface area is 292 Å². The average molecular weight is 702 g/mol. The lowest BCUT2D eigenvalue weighted by atomic mass is 9.70. The molecule has 1 N–H and O–H groups in total. The zero-order valence-corrected chi connectivity index (χ0v) is 29.4. The number of hydrogen-bond acceptors (Lipinski definition) is 7. The summed E-state index contributed by atoms with van der Waals surface area (Å²) in [4.78, 5) is 45.9. The third kappa shape index (κ3) is 5.50. The number of pyridine rings is 1. The van der Waals surface area contributed by atoms with Gasteiger partial charge < -0.3 is 19.3 Å². The third-order valence-electron chi connectivity index (χ3n) is 12.7. The van der Waals surface area contributed by atoms with Crippen LogP contribution in [0.25, 0.3) is 0 Å². The molecule has 0 radical (unpaired) electrons. The van der Waals surface area contributed by atoms with Gasteiger partial charge in [0.1, 0.15) is 11.6 Å². The van der Waals surface area contributed by atoms with Crippen molar-refractivity contribution >= 4 is 38.8 Å². The van der Waals surface area contributed by atoms with E-state index in [0.29, 0.717) is 75.6 Å². The lowest BCUT2D eigenvalue weighted by Crippen LogP contribution is -2.49. The smallest absolute Gasteiger partial charge is 0.254 e. The molecule has 2 aromatic carbocycles. The quantitative estimate of drug-likeness (QED) is 0.380. The number of hydrogen-bond donors (Lipinski definition) is 1. The Morgan fingerprint density at radius 2 is 1.70 bits per heavy atom. The Hall–Kier alpha value is -4.19. The van der Waals surface area contributed by atoms with Crippen molar-refractivity contribution < 1.29 is 22.4 Å². The fourth-order valence-corrected chi connectivity index (χ4v) is 11.7. The molecule has 1 amide bonds. The maximum Gasteiger partial charge on any atom is 0.254 e. The van der Waals surface area contributed by atoms with Crippen LogP contribution in [0.3, 0.4) is 0 Å². The Bertz CT molecular complexity index is 2020. The number of amides is 1. The highest BCUT2D eigenvalue weighted by Crippen LogP contribution is 2.64. The van der Waals surface area contributed by atoms with Gasteiger partial charge in [-0.05, 0) is 85.0 Å². The molecule has 4 atom stereocenters. The molecule has 5 aliphatic rings. The monoisotopic (exact) mass is 701 g/mol. The zero-order valence-electron chi connectivity index (χ0n) is 28.6. The van der Waals surface area contributed by atoms with E-state index in [4.69, 9.17) is 0 Å². The van der Waals surface area contributed by atoms with Gasteiger partial charge in [0.2, 0.25) is 10.0 Å². The number of fused-ring (bicyclic) bond motifs is 6. The first kappa shape index (κ1) is 33.0. The molecule has 4 bridgehead atoms. The number of rotatable bonds is 7. The molecular formula is C38H44FN5O5S. The normalized spacial score (nSPS) is 27.0. The molecule has 3 aliphatic heterocycles. The molecule has 4 heterocycles. The number of Topliss-reactive ketones (excluding diaryl/α,β-unsaturated/α-hetero) is 1. The van der Waals surface area contributed by atoms with E-state index in [1.54, 1.807) is 41.3 Å². The van der Waals surface area contributed by atoms with E-state index in [1.165, 1.54) is 12.1 Å². The Kier molecular flexibility index (Phi) is 7.89. The molecule has 12 heteroatoms. The summed E-state index contributed by atoms with van der Waals surface area (Å²) in [7, 11) is -4.01. The molecule has 2 aliphatic carbocycles. The van der Waals surface area contributed by atoms with Crippen LogP contribution in [0, 0.1) is 28.5 Å². The van der Waals surface area contributed by atoms with Crippen LogP contribution in [0.4, 0.5) is 21.5 Å². The fourth-order valence-electron chi connectivity index (χ4n) is 9.76. The second kappa shape index (κ2) is 12.0. The van der Waals surface area contributed by atoms with Crippen molar-refractivity contribution in [1.29, 1.82) is 0 Å². The van der Waals surface area contributed by atoms with Gasteiger partial charge in [-0.1, -0.05) is 19.9 Å². The van der Waals surface area contributed by atoms with Crippen LogP contribution in [0.2, 0.25) is 0 Å². The molecule has 0 unspecified atom stereocenters. The molecule has 1 aromatic heterocycles. The summed E-state index contributed by atoms with van der Waals surface area (Å²) in [6.45, 7) is 8.01. The third-order valence-corrected chi connectivity index (χ3v) is 14.1. The molecule has 50 heavy (non-hydrogen) atoms. The molecule has 10 nitrogen and oxygen atoms in total. The van der Waals surface area contributed by atoms with Gasteiger partial charge in [0.25, 0.3) is 11.5 Å². The van der Waals surface area contributed by atoms with Crippen molar-refractivity contribution in [2.45, 2.75) is 52.0 Å². The second-order valence-electron chi connectivity index (χ2n) is 15.6. The predicted octanol–water partition coefficient (Wildman–Crippen LogP) is 4.71. The van der Waals surface area contributed by atoms with E-state index in [9.17, 15) is 27.2 Å². The number of nitrogens with one attached hydrogen (secondary N) is 1. The highest BCUT2D eigenvalue weighted by molar-refractivity contribution is 7.92. The highest BCUT2D eigenvalue weighted by atomic mass is 32.2. The van der Waals surface area contributed by atoms with Crippen LogP contribution in [-0.2, 0) is 21.4 Å². The number of aromatic nitrogens is 1. The summed E-state index contributed by atoms with van der Waals surface area (Å²) < 4.78 is 46.5. The van der Waals surface area contributed by atoms with E-state index in [0.717, 1.165) is 24.2 Å². The Morgan fingerprint density at radius 1 is 0.940 bits per heavy atom. The molecule has 3 aromatic rings. The highest BCUT2D eigenvalue weighted by Gasteiger charge is 2.65. The van der Waals surface area contributed by atoms with E-state index in [1.807, 2.05) is 30.5 Å². The molecule has 0 spiro atoms. The van der Waals surface area contributed by atoms with Gasteiger partial charge in [-0.15, -0.1) is 0 Å². The van der Waals surface area contributed by atoms with Gasteiger partial charge in [-0.25, -0.2) is 12.8 Å². The van der Waals surface area contributed by atoms with Gasteiger partial charge in [-0.3, -0.25) is 19.1 Å². The largest absolute Gasteiger partial charge is 0.369 e. The Balaban J connectivity index is 1.08. The van der Waals surface area contributed by atoms with Crippen LogP contribution in [0.15, 0.2) is 65.5 Å². The summed E-state index contributed by atoms with van der Waals surface area (Å²) in [5, 5.41) is 0. The zero-order chi connectivity index (χ0) is 35.0. The number of piperidine rings is 1. The van der Waals surface area contributed by atoms with Crippen molar-refractivity contribution in [2.75, 3.05) is 59.5 Å². The first-order chi connectivity index (χ1) is 23.8. The summed E-state index contributed by atoms with van der Waals surface area (Å²) >= 11 is 0. The van der Waals surface area contributed by atoms with Crippen LogP contribution in [0.5, 0.6) is 0 Å². The summed E-state index contributed by atoms with van der Waals surface area (Å²) in [6.07, 6.45) is 2.78. The second-order valence-corrected chi connectivity index (χ2v) is 17.3. The standard InChI is InChI=1S/C38H44FN5O5S/c1-37(2)28-12-13-38(37,34(45)20-28)24-50(48,49)40-31-19-26(36(47)42-16-14-41(15-17-42)30-9-7-29(39)8-10-30)6-11-33(31)43-21-25-18-27(23-43)32-4-3-5-35(46)44(32)22-25/h3-11,19,25,27-28,40H,12-18,20-24H2,1-2H3/t25-,27+,28+,38-/m1/s1. The van der Waals surface area contributed by atoms with Crippen molar-refractivity contribution in [2.24, 2.45) is 22.7 Å². The van der Waals surface area contributed by atoms with Crippen LogP contribution in [0.1, 0.15) is 61.5 Å². The predicted molar refractivity (Wildman–Crippen MR) is 191 cm³/mol. The van der Waals surface area contributed by atoms with Crippen molar-refractivity contribution in [3.8, 4) is 0 Å². The molecular weight excluding hydrogens is 658 g/mol. The summed E-state index contributed by atoms with van der Waals surface area (Å²) in [5.41, 5.74) is 1.95. The minimum atomic E-state index is -4.01. The van der Waals surface area contributed by atoms with Gasteiger partial charge in [0.15, 0.2) is 0 Å². The number of carbonyl (C=O) groups is 2. The molecule has 4 fully saturated rings. The van der Waals surface area contributed by atoms with Gasteiger partial charge in [-0.2, -0.15) is 0 Å². The van der Waals surface area contributed by atoms with Gasteiger partial charge >= 0.3 is 0 Å². The SMILES string of the molecule is CC1(C)[C@H]2CC[C@@]1(CS(=O)(=O)Nc1cc(C(=O)N3CCN(c4ccc(F)cc4)CC3)ccc1N1C[C@H]3C[C@@H](C1)c1cccc(=O)n1C3)C(=O)C2. The van der Waals surface area contributed by atoms with Crippen LogP contribution in [-0.4, -0.2) is 74.6 Å². The number of carbonyl (C=O) groups excluding carboxylic acids is 2. The van der Waals surface area contributed by atoms with Crippen LogP contribution >= 0.6 is 0 Å². The van der Waals surface area contributed by atoms with E-state index in [2.05, 4.69) is 14.5 Å². The number of piperazine rings is 1. The number of sulfonamides is 1. The number of nitrogens with zero attached hydrogens (tertiary/aromatic N) is 4. The Morgan fingerprint density at radius 3 is 2.40 bits per heavy atom. The molecule has 8 rings (SSSR count). The van der Waals surface area contributed by atoms with Crippen molar-refractivity contribution in [3.63, 3.8) is 0 Å². The minimum Gasteiger partial charge on any atom is -0.369 e. The topological polar surface area (TPSA) is 112 Å². The van der Waals surface area contributed by atoms with Crippen molar-refractivity contribution in [1.82, 2.24) is 9.47 Å². The van der Waals surface area contributed by atoms with E-state index < -0.39 is 20.9 Å². The molecule has 2 saturated heterocycles. The van der Waals surface area contributed by atoms with Crippen molar-refractivity contribution in [3.05, 3.63) is 88.1 Å². The number of halogens is 1. The number of benzene rings is 2. The van der Waals surface area contributed by atoms with Gasteiger partial charge in [0, 0.05) is 81.2 Å². The first-order valence-corrected chi connectivity index (χ1v) is 19.4. The average Bonchev–Trinajstić information content (AvgIpc) is 3.43. The number of anilines is 3. The first-order valence-electron chi connectivity index (χ1n) is 17.8. The minimum absolute atomic E-state index is 0.00151.